The molecule has 0 saturated carbocycles. The van der Waals surface area contributed by atoms with E-state index >= 15 is 0 Å². The Labute approximate surface area is 185 Å². The van der Waals surface area contributed by atoms with Crippen LogP contribution < -0.4 is 5.73 Å². The van der Waals surface area contributed by atoms with E-state index in [1.807, 2.05) is 52.4 Å². The normalized spacial score (nSPS) is 10.8. The molecular formula is C21H17N5O3S2. The van der Waals surface area contributed by atoms with Gasteiger partial charge in [-0.3, -0.25) is 19.5 Å². The van der Waals surface area contributed by atoms with E-state index in [4.69, 9.17) is 5.73 Å². The third kappa shape index (κ3) is 4.65. The molecule has 4 rings (SSSR count). The SMILES string of the molecule is NC(=O)c1ccc(CSc2nnc(Cc3cccs3)n2-c2ccccc2)c([N+](=O)[O-])c1. The van der Waals surface area contributed by atoms with Crippen molar-refractivity contribution in [3.05, 3.63) is 98.0 Å². The maximum absolute atomic E-state index is 11.5. The van der Waals surface area contributed by atoms with Crippen molar-refractivity contribution in [2.45, 2.75) is 17.3 Å². The first-order chi connectivity index (χ1) is 15.0. The van der Waals surface area contributed by atoms with Crippen molar-refractivity contribution in [2.24, 2.45) is 5.73 Å². The van der Waals surface area contributed by atoms with Gasteiger partial charge >= 0.3 is 0 Å². The van der Waals surface area contributed by atoms with Crippen LogP contribution >= 0.6 is 23.1 Å². The molecule has 156 valence electrons. The standard InChI is InChI=1S/C21H17N5O3S2/c22-20(27)14-8-9-15(18(11-14)26(28)29)13-31-21-24-23-19(12-17-7-4-10-30-17)25(21)16-5-2-1-3-6-16/h1-11H,12-13H2,(H2,22,27). The number of benzene rings is 2. The van der Waals surface area contributed by atoms with E-state index in [0.29, 0.717) is 22.9 Å². The maximum atomic E-state index is 11.5. The number of aromatic nitrogens is 3. The van der Waals surface area contributed by atoms with E-state index < -0.39 is 10.8 Å². The Bertz CT molecular complexity index is 1220. The Hall–Kier alpha value is -3.50. The minimum atomic E-state index is -0.704. The van der Waals surface area contributed by atoms with Crippen LogP contribution in [0.2, 0.25) is 0 Å². The number of rotatable bonds is 8. The molecule has 2 N–H and O–H groups in total. The number of nitro benzene ring substituents is 1. The van der Waals surface area contributed by atoms with Crippen molar-refractivity contribution in [1.82, 2.24) is 14.8 Å². The lowest BCUT2D eigenvalue weighted by molar-refractivity contribution is -0.385. The van der Waals surface area contributed by atoms with Gasteiger partial charge < -0.3 is 5.73 Å². The fourth-order valence-electron chi connectivity index (χ4n) is 3.07. The highest BCUT2D eigenvalue weighted by Gasteiger charge is 2.20. The molecule has 2 aromatic carbocycles. The summed E-state index contributed by atoms with van der Waals surface area (Å²) < 4.78 is 1.97. The van der Waals surface area contributed by atoms with E-state index in [1.54, 1.807) is 17.4 Å². The Kier molecular flexibility index (Phi) is 6.10. The summed E-state index contributed by atoms with van der Waals surface area (Å²) in [4.78, 5) is 23.5. The van der Waals surface area contributed by atoms with E-state index in [1.165, 1.54) is 28.8 Å². The zero-order chi connectivity index (χ0) is 21.8. The summed E-state index contributed by atoms with van der Waals surface area (Å²) in [6.45, 7) is 0. The minimum Gasteiger partial charge on any atom is -0.366 e. The maximum Gasteiger partial charge on any atom is 0.274 e. The topological polar surface area (TPSA) is 117 Å². The highest BCUT2D eigenvalue weighted by molar-refractivity contribution is 7.98. The molecule has 0 atom stereocenters. The van der Waals surface area contributed by atoms with Crippen LogP contribution in [0.15, 0.2) is 71.2 Å². The summed E-state index contributed by atoms with van der Waals surface area (Å²) in [5.41, 5.74) is 6.60. The fraction of sp³-hybridized carbons (Fsp3) is 0.0952. The predicted octanol–water partition coefficient (Wildman–Crippen LogP) is 4.22. The van der Waals surface area contributed by atoms with E-state index in [9.17, 15) is 14.9 Å². The summed E-state index contributed by atoms with van der Waals surface area (Å²) in [5.74, 6) is 0.373. The van der Waals surface area contributed by atoms with E-state index in [2.05, 4.69) is 10.2 Å². The van der Waals surface area contributed by atoms with E-state index in [0.717, 1.165) is 11.5 Å². The molecule has 0 unspecified atom stereocenters. The third-order valence-corrected chi connectivity index (χ3v) is 6.40. The molecule has 31 heavy (non-hydrogen) atoms. The predicted molar refractivity (Wildman–Crippen MR) is 120 cm³/mol. The van der Waals surface area contributed by atoms with Gasteiger partial charge in [0.2, 0.25) is 5.91 Å². The Morgan fingerprint density at radius 3 is 2.61 bits per heavy atom. The summed E-state index contributed by atoms with van der Waals surface area (Å²) in [5, 5.41) is 22.9. The number of nitrogens with zero attached hydrogens (tertiary/aromatic N) is 4. The largest absolute Gasteiger partial charge is 0.366 e. The number of primary amides is 1. The molecule has 2 heterocycles. The first-order valence-electron chi connectivity index (χ1n) is 9.25. The number of thiophene rings is 1. The van der Waals surface area contributed by atoms with E-state index in [-0.39, 0.29) is 11.3 Å². The quantitative estimate of drug-likeness (QED) is 0.243. The van der Waals surface area contributed by atoms with Crippen LogP contribution in [-0.2, 0) is 12.2 Å². The van der Waals surface area contributed by atoms with Crippen LogP contribution in [0.4, 0.5) is 5.69 Å². The van der Waals surface area contributed by atoms with Gasteiger partial charge in [-0.05, 0) is 29.6 Å². The molecule has 1 amide bonds. The van der Waals surface area contributed by atoms with Crippen molar-refractivity contribution in [3.63, 3.8) is 0 Å². The van der Waals surface area contributed by atoms with Crippen molar-refractivity contribution in [2.75, 3.05) is 0 Å². The average molecular weight is 452 g/mol. The lowest BCUT2D eigenvalue weighted by atomic mass is 10.1. The first kappa shape index (κ1) is 20.8. The zero-order valence-electron chi connectivity index (χ0n) is 16.2. The van der Waals surface area contributed by atoms with Crippen LogP contribution in [0.5, 0.6) is 0 Å². The van der Waals surface area contributed by atoms with Gasteiger partial charge in [-0.2, -0.15) is 0 Å². The first-order valence-corrected chi connectivity index (χ1v) is 11.1. The minimum absolute atomic E-state index is 0.103. The van der Waals surface area contributed by atoms with Crippen molar-refractivity contribution in [3.8, 4) is 5.69 Å². The molecular weight excluding hydrogens is 434 g/mol. The van der Waals surface area contributed by atoms with Gasteiger partial charge in [0, 0.05) is 39.9 Å². The van der Waals surface area contributed by atoms with Gasteiger partial charge in [0.1, 0.15) is 5.82 Å². The van der Waals surface area contributed by atoms with Gasteiger partial charge in [-0.15, -0.1) is 21.5 Å². The number of thioether (sulfide) groups is 1. The van der Waals surface area contributed by atoms with Gasteiger partial charge in [-0.1, -0.05) is 42.1 Å². The molecule has 0 spiro atoms. The van der Waals surface area contributed by atoms with Crippen LogP contribution in [0.1, 0.15) is 26.6 Å². The van der Waals surface area contributed by atoms with Crippen molar-refractivity contribution in [1.29, 1.82) is 0 Å². The van der Waals surface area contributed by atoms with Gasteiger partial charge in [0.15, 0.2) is 5.16 Å². The second-order valence-electron chi connectivity index (χ2n) is 6.58. The molecule has 10 heteroatoms. The molecule has 0 aliphatic heterocycles. The lowest BCUT2D eigenvalue weighted by Crippen LogP contribution is -2.11. The molecule has 0 radical (unpaired) electrons. The zero-order valence-corrected chi connectivity index (χ0v) is 17.8. The van der Waals surface area contributed by atoms with Gasteiger partial charge in [-0.25, -0.2) is 0 Å². The van der Waals surface area contributed by atoms with Gasteiger partial charge in [0.05, 0.1) is 4.92 Å². The highest BCUT2D eigenvalue weighted by Crippen LogP contribution is 2.30. The second kappa shape index (κ2) is 9.11. The number of carbonyl (C=O) groups excluding carboxylic acids is 1. The van der Waals surface area contributed by atoms with Crippen molar-refractivity contribution < 1.29 is 9.72 Å². The molecule has 4 aromatic rings. The molecule has 0 fully saturated rings. The molecule has 0 saturated heterocycles. The average Bonchev–Trinajstić information content (AvgIpc) is 3.43. The Balaban J connectivity index is 1.66. The highest BCUT2D eigenvalue weighted by atomic mass is 32.2. The summed E-state index contributed by atoms with van der Waals surface area (Å²) >= 11 is 3.00. The van der Waals surface area contributed by atoms with Crippen LogP contribution in [0.25, 0.3) is 5.69 Å². The number of carbonyl (C=O) groups is 1. The summed E-state index contributed by atoms with van der Waals surface area (Å²) in [6, 6.07) is 18.0. The number of nitrogens with two attached hydrogens (primary N) is 1. The Morgan fingerprint density at radius 2 is 1.94 bits per heavy atom. The monoisotopic (exact) mass is 451 g/mol. The van der Waals surface area contributed by atoms with Crippen LogP contribution in [0.3, 0.4) is 0 Å². The number of amides is 1. The Morgan fingerprint density at radius 1 is 1.13 bits per heavy atom. The summed E-state index contributed by atoms with van der Waals surface area (Å²) in [6.07, 6.45) is 0.633. The van der Waals surface area contributed by atoms with Crippen molar-refractivity contribution >= 4 is 34.7 Å². The summed E-state index contributed by atoms with van der Waals surface area (Å²) in [7, 11) is 0. The molecule has 8 nitrogen and oxygen atoms in total. The van der Waals surface area contributed by atoms with Crippen LogP contribution in [0, 0.1) is 10.1 Å². The fourth-order valence-corrected chi connectivity index (χ4v) is 4.73. The molecule has 2 aromatic heterocycles. The lowest BCUT2D eigenvalue weighted by Gasteiger charge is -2.10. The second-order valence-corrected chi connectivity index (χ2v) is 8.55. The van der Waals surface area contributed by atoms with Crippen LogP contribution in [-0.4, -0.2) is 25.6 Å². The number of para-hydroxylation sites is 1. The third-order valence-electron chi connectivity index (χ3n) is 4.55. The number of hydrogen-bond donors (Lipinski definition) is 1. The number of nitro groups is 1. The van der Waals surface area contributed by atoms with Gasteiger partial charge in [0.25, 0.3) is 5.69 Å². The molecule has 0 aliphatic carbocycles. The molecule has 0 bridgehead atoms. The smallest absolute Gasteiger partial charge is 0.274 e. The molecule has 0 aliphatic rings. The number of hydrogen-bond acceptors (Lipinski definition) is 7.